The second kappa shape index (κ2) is 4.66. The van der Waals surface area contributed by atoms with E-state index < -0.39 is 0 Å². The lowest BCUT2D eigenvalue weighted by molar-refractivity contribution is -0.941. The average Bonchev–Trinajstić information content (AvgIpc) is 2.40. The maximum Gasteiger partial charge on any atom is 0.0916 e. The number of fused-ring (bicyclic) bond motifs is 3. The Morgan fingerprint density at radius 2 is 1.50 bits per heavy atom. The summed E-state index contributed by atoms with van der Waals surface area (Å²) in [7, 11) is 0. The molecule has 3 saturated heterocycles. The molecule has 92 valence electrons. The van der Waals surface area contributed by atoms with Gasteiger partial charge in [0.15, 0.2) is 0 Å². The van der Waals surface area contributed by atoms with Crippen LogP contribution in [0.2, 0.25) is 0 Å². The standard InChI is InChI=1S/C14H27N2/c1-2-4-14(5-3-1)6-10-16-11-7-15(8-12-16)9-13-16/h14H,1-13H2/q+1. The van der Waals surface area contributed by atoms with Crippen molar-refractivity contribution in [3.05, 3.63) is 0 Å². The number of hydrogen-bond donors (Lipinski definition) is 0. The zero-order valence-electron chi connectivity index (χ0n) is 10.7. The van der Waals surface area contributed by atoms with E-state index in [0.29, 0.717) is 0 Å². The maximum atomic E-state index is 2.65. The molecule has 0 aromatic rings. The van der Waals surface area contributed by atoms with Crippen molar-refractivity contribution in [3.63, 3.8) is 0 Å². The predicted molar refractivity (Wildman–Crippen MR) is 67.4 cm³/mol. The largest absolute Gasteiger partial charge is 0.320 e. The molecule has 1 saturated carbocycles. The highest BCUT2D eigenvalue weighted by Crippen LogP contribution is 2.29. The van der Waals surface area contributed by atoms with Gasteiger partial charge in [-0.15, -0.1) is 0 Å². The quantitative estimate of drug-likeness (QED) is 0.662. The van der Waals surface area contributed by atoms with Gasteiger partial charge in [-0.25, -0.2) is 0 Å². The molecule has 4 rings (SSSR count). The Morgan fingerprint density at radius 3 is 2.12 bits per heavy atom. The summed E-state index contributed by atoms with van der Waals surface area (Å²) in [6.07, 6.45) is 9.13. The van der Waals surface area contributed by atoms with Gasteiger partial charge in [0.05, 0.1) is 26.2 Å². The molecule has 0 spiro atoms. The molecule has 4 fully saturated rings. The topological polar surface area (TPSA) is 3.24 Å². The molecule has 0 aromatic heterocycles. The first kappa shape index (κ1) is 11.0. The normalized spacial score (nSPS) is 40.1. The Morgan fingerprint density at radius 1 is 0.875 bits per heavy atom. The van der Waals surface area contributed by atoms with E-state index in [4.69, 9.17) is 0 Å². The Kier molecular flexibility index (Phi) is 3.21. The van der Waals surface area contributed by atoms with Gasteiger partial charge >= 0.3 is 0 Å². The van der Waals surface area contributed by atoms with Crippen LogP contribution in [0.1, 0.15) is 38.5 Å². The van der Waals surface area contributed by atoms with E-state index in [1.54, 1.807) is 0 Å². The lowest BCUT2D eigenvalue weighted by Gasteiger charge is -2.51. The van der Waals surface area contributed by atoms with Crippen LogP contribution < -0.4 is 0 Å². The molecule has 16 heavy (non-hydrogen) atoms. The van der Waals surface area contributed by atoms with Crippen LogP contribution in [0.25, 0.3) is 0 Å². The second-order valence-corrected chi connectivity index (χ2v) is 6.37. The Hall–Kier alpha value is -0.0800. The minimum Gasteiger partial charge on any atom is -0.320 e. The third kappa shape index (κ3) is 2.28. The molecule has 0 N–H and O–H groups in total. The van der Waals surface area contributed by atoms with Crippen molar-refractivity contribution in [1.29, 1.82) is 0 Å². The molecule has 1 aliphatic carbocycles. The summed E-state index contributed by atoms with van der Waals surface area (Å²) in [5.41, 5.74) is 0. The Labute approximate surface area is 100 Å². The number of nitrogens with zero attached hydrogens (tertiary/aromatic N) is 2. The number of quaternary nitrogens is 1. The van der Waals surface area contributed by atoms with Crippen LogP contribution in [0.4, 0.5) is 0 Å². The van der Waals surface area contributed by atoms with Crippen LogP contribution in [0, 0.1) is 5.92 Å². The maximum absolute atomic E-state index is 2.65. The van der Waals surface area contributed by atoms with Gasteiger partial charge in [-0.2, -0.15) is 0 Å². The van der Waals surface area contributed by atoms with Gasteiger partial charge in [0, 0.05) is 19.6 Å². The van der Waals surface area contributed by atoms with Crippen molar-refractivity contribution < 1.29 is 4.48 Å². The van der Waals surface area contributed by atoms with E-state index >= 15 is 0 Å². The highest BCUT2D eigenvalue weighted by atomic mass is 15.4. The molecular weight excluding hydrogens is 196 g/mol. The fraction of sp³-hybridized carbons (Fsp3) is 1.00. The van der Waals surface area contributed by atoms with E-state index in [1.165, 1.54) is 88.8 Å². The van der Waals surface area contributed by atoms with Crippen molar-refractivity contribution in [2.24, 2.45) is 5.92 Å². The van der Waals surface area contributed by atoms with Crippen LogP contribution >= 0.6 is 0 Å². The Balaban J connectivity index is 1.49. The molecule has 0 unspecified atom stereocenters. The third-order valence-electron chi connectivity index (χ3n) is 5.41. The summed E-state index contributed by atoms with van der Waals surface area (Å²) >= 11 is 0. The molecule has 0 amide bonds. The number of piperazine rings is 3. The number of rotatable bonds is 3. The summed E-state index contributed by atoms with van der Waals surface area (Å²) in [5.74, 6) is 1.08. The highest BCUT2D eigenvalue weighted by molar-refractivity contribution is 4.72. The van der Waals surface area contributed by atoms with Crippen LogP contribution in [0.5, 0.6) is 0 Å². The van der Waals surface area contributed by atoms with E-state index in [-0.39, 0.29) is 0 Å². The van der Waals surface area contributed by atoms with E-state index in [1.807, 2.05) is 0 Å². The van der Waals surface area contributed by atoms with Crippen LogP contribution in [0.3, 0.4) is 0 Å². The Bertz CT molecular complexity index is 211. The van der Waals surface area contributed by atoms with Gasteiger partial charge in [-0.1, -0.05) is 32.1 Å². The molecular formula is C14H27N2+. The monoisotopic (exact) mass is 223 g/mol. The summed E-state index contributed by atoms with van der Waals surface area (Å²) in [6, 6.07) is 0. The van der Waals surface area contributed by atoms with Crippen molar-refractivity contribution in [3.8, 4) is 0 Å². The third-order valence-corrected chi connectivity index (χ3v) is 5.41. The lowest BCUT2D eigenvalue weighted by atomic mass is 9.86. The smallest absolute Gasteiger partial charge is 0.0916 e. The average molecular weight is 223 g/mol. The fourth-order valence-electron chi connectivity index (χ4n) is 4.00. The summed E-state index contributed by atoms with van der Waals surface area (Å²) in [6.45, 7) is 9.99. The summed E-state index contributed by atoms with van der Waals surface area (Å²) in [5, 5.41) is 0. The van der Waals surface area contributed by atoms with E-state index in [0.717, 1.165) is 5.92 Å². The van der Waals surface area contributed by atoms with Gasteiger partial charge in [-0.3, -0.25) is 4.90 Å². The van der Waals surface area contributed by atoms with Gasteiger partial charge < -0.3 is 4.48 Å². The lowest BCUT2D eigenvalue weighted by Crippen LogP contribution is -2.67. The molecule has 0 radical (unpaired) electrons. The van der Waals surface area contributed by atoms with Crippen molar-refractivity contribution in [2.45, 2.75) is 38.5 Å². The second-order valence-electron chi connectivity index (χ2n) is 6.37. The molecule has 4 aliphatic rings. The van der Waals surface area contributed by atoms with E-state index in [9.17, 15) is 0 Å². The number of hydrogen-bond acceptors (Lipinski definition) is 1. The first-order valence-corrected chi connectivity index (χ1v) is 7.44. The van der Waals surface area contributed by atoms with Gasteiger partial charge in [0.1, 0.15) is 0 Å². The predicted octanol–water partition coefficient (Wildman–Crippen LogP) is 2.10. The summed E-state index contributed by atoms with van der Waals surface area (Å²) < 4.78 is 1.48. The van der Waals surface area contributed by atoms with Crippen molar-refractivity contribution in [1.82, 2.24) is 4.90 Å². The minimum atomic E-state index is 1.08. The van der Waals surface area contributed by atoms with Crippen molar-refractivity contribution in [2.75, 3.05) is 45.8 Å². The molecule has 3 heterocycles. The van der Waals surface area contributed by atoms with Gasteiger partial charge in [0.2, 0.25) is 0 Å². The van der Waals surface area contributed by atoms with Crippen molar-refractivity contribution >= 4 is 0 Å². The molecule has 2 bridgehead atoms. The van der Waals surface area contributed by atoms with Crippen LogP contribution in [0.15, 0.2) is 0 Å². The molecule has 2 heteroatoms. The van der Waals surface area contributed by atoms with Gasteiger partial charge in [-0.05, 0) is 12.3 Å². The molecule has 0 atom stereocenters. The summed E-state index contributed by atoms with van der Waals surface area (Å²) in [4.78, 5) is 2.65. The zero-order chi connectivity index (χ0) is 10.8. The highest BCUT2D eigenvalue weighted by Gasteiger charge is 2.38. The van der Waals surface area contributed by atoms with Crippen LogP contribution in [-0.2, 0) is 0 Å². The van der Waals surface area contributed by atoms with Crippen LogP contribution in [-0.4, -0.2) is 55.2 Å². The molecule has 2 nitrogen and oxygen atoms in total. The molecule has 3 aliphatic heterocycles. The first-order chi connectivity index (χ1) is 7.86. The zero-order valence-corrected chi connectivity index (χ0v) is 10.7. The van der Waals surface area contributed by atoms with Gasteiger partial charge in [0.25, 0.3) is 0 Å². The van der Waals surface area contributed by atoms with E-state index in [2.05, 4.69) is 4.90 Å². The SMILES string of the molecule is C1CCC(CC[N+]23CCN(CC2)CC3)CC1. The fourth-order valence-corrected chi connectivity index (χ4v) is 4.00. The minimum absolute atomic E-state index is 1.08. The molecule has 0 aromatic carbocycles. The first-order valence-electron chi connectivity index (χ1n) is 7.44.